The fourth-order valence-corrected chi connectivity index (χ4v) is 3.49. The molecule has 1 aliphatic carbocycles. The van der Waals surface area contributed by atoms with Gasteiger partial charge in [0.2, 0.25) is 5.91 Å². The molecule has 1 heterocycles. The van der Waals surface area contributed by atoms with Gasteiger partial charge in [-0.25, -0.2) is 0 Å². The Morgan fingerprint density at radius 3 is 2.77 bits per heavy atom. The van der Waals surface area contributed by atoms with Crippen LogP contribution in [0, 0.1) is 0 Å². The Balaban J connectivity index is 1.66. The first-order valence-corrected chi connectivity index (χ1v) is 7.95. The van der Waals surface area contributed by atoms with Crippen LogP contribution in [-0.4, -0.2) is 37.6 Å². The maximum atomic E-state index is 12.2. The predicted molar refractivity (Wildman–Crippen MR) is 85.3 cm³/mol. The Bertz CT molecular complexity index is 594. The average molecular weight is 301 g/mol. The summed E-state index contributed by atoms with van der Waals surface area (Å²) in [4.78, 5) is 14.2. The van der Waals surface area contributed by atoms with Crippen LogP contribution in [0.25, 0.3) is 0 Å². The summed E-state index contributed by atoms with van der Waals surface area (Å²) in [6, 6.07) is 6.30. The van der Waals surface area contributed by atoms with Gasteiger partial charge < -0.3 is 14.4 Å². The maximum Gasteiger partial charge on any atom is 0.247 e. The number of methoxy groups -OCH3 is 2. The number of carbonyl (C=O) groups excluding carboxylic acids is 1. The van der Waals surface area contributed by atoms with Crippen LogP contribution in [0.3, 0.4) is 0 Å². The summed E-state index contributed by atoms with van der Waals surface area (Å²) in [5.41, 5.74) is 2.50. The molecule has 4 heteroatoms. The number of hydrogen-bond donors (Lipinski definition) is 0. The molecule has 4 nitrogen and oxygen atoms in total. The molecule has 1 fully saturated rings. The van der Waals surface area contributed by atoms with Gasteiger partial charge in [0.1, 0.15) is 0 Å². The number of carbonyl (C=O) groups is 1. The second kappa shape index (κ2) is 6.42. The Hall–Kier alpha value is -1.97. The average Bonchev–Trinajstić information content (AvgIpc) is 2.87. The molecule has 0 aromatic heterocycles. The summed E-state index contributed by atoms with van der Waals surface area (Å²) in [6.07, 6.45) is 7.34. The molecule has 1 atom stereocenters. The van der Waals surface area contributed by atoms with Crippen molar-refractivity contribution in [1.29, 1.82) is 0 Å². The summed E-state index contributed by atoms with van der Waals surface area (Å²) in [6.45, 7) is 0.763. The lowest BCUT2D eigenvalue weighted by Gasteiger charge is -2.30. The Morgan fingerprint density at radius 1 is 1.18 bits per heavy atom. The summed E-state index contributed by atoms with van der Waals surface area (Å²) < 4.78 is 10.6. The van der Waals surface area contributed by atoms with Crippen LogP contribution in [0.4, 0.5) is 0 Å². The topological polar surface area (TPSA) is 38.8 Å². The van der Waals surface area contributed by atoms with Crippen LogP contribution < -0.4 is 9.47 Å². The highest BCUT2D eigenvalue weighted by Gasteiger charge is 2.33. The fraction of sp³-hybridized carbons (Fsp3) is 0.500. The maximum absolute atomic E-state index is 12.2. The second-order valence-electron chi connectivity index (χ2n) is 5.95. The Labute approximate surface area is 131 Å². The van der Waals surface area contributed by atoms with Gasteiger partial charge in [-0.05, 0) is 49.0 Å². The zero-order valence-electron chi connectivity index (χ0n) is 13.3. The number of amides is 1. The van der Waals surface area contributed by atoms with Crippen molar-refractivity contribution in [3.05, 3.63) is 35.4 Å². The van der Waals surface area contributed by atoms with Crippen molar-refractivity contribution in [2.75, 3.05) is 20.8 Å². The zero-order chi connectivity index (χ0) is 15.5. The first-order chi connectivity index (χ1) is 10.7. The largest absolute Gasteiger partial charge is 0.493 e. The van der Waals surface area contributed by atoms with Crippen molar-refractivity contribution >= 4 is 5.91 Å². The number of hydrogen-bond acceptors (Lipinski definition) is 3. The molecule has 2 aliphatic rings. The van der Waals surface area contributed by atoms with Crippen LogP contribution in [0.15, 0.2) is 29.8 Å². The van der Waals surface area contributed by atoms with Crippen LogP contribution in [0.5, 0.6) is 11.5 Å². The molecule has 0 N–H and O–H groups in total. The second-order valence-corrected chi connectivity index (χ2v) is 5.95. The van der Waals surface area contributed by atoms with Gasteiger partial charge in [-0.2, -0.15) is 0 Å². The lowest BCUT2D eigenvalue weighted by atomic mass is 9.91. The molecule has 1 saturated carbocycles. The SMILES string of the molecule is COc1ccc(CCN2C(=O)C=C3CCCCC32)cc1OC. The van der Waals surface area contributed by atoms with E-state index in [1.54, 1.807) is 14.2 Å². The van der Waals surface area contributed by atoms with Crippen LogP contribution in [-0.2, 0) is 11.2 Å². The number of rotatable bonds is 5. The van der Waals surface area contributed by atoms with Crippen LogP contribution in [0.2, 0.25) is 0 Å². The summed E-state index contributed by atoms with van der Waals surface area (Å²) in [5, 5.41) is 0. The van der Waals surface area contributed by atoms with E-state index in [0.717, 1.165) is 42.9 Å². The molecule has 22 heavy (non-hydrogen) atoms. The van der Waals surface area contributed by atoms with Gasteiger partial charge in [-0.15, -0.1) is 0 Å². The summed E-state index contributed by atoms with van der Waals surface area (Å²) in [7, 11) is 3.28. The van der Waals surface area contributed by atoms with Crippen molar-refractivity contribution < 1.29 is 14.3 Å². The molecular weight excluding hydrogens is 278 g/mol. The van der Waals surface area contributed by atoms with Gasteiger partial charge in [0.15, 0.2) is 11.5 Å². The molecule has 1 aromatic rings. The molecule has 0 radical (unpaired) electrons. The van der Waals surface area contributed by atoms with Crippen molar-refractivity contribution in [3.8, 4) is 11.5 Å². The molecule has 1 unspecified atom stereocenters. The highest BCUT2D eigenvalue weighted by molar-refractivity contribution is 5.92. The lowest BCUT2D eigenvalue weighted by molar-refractivity contribution is -0.126. The Morgan fingerprint density at radius 2 is 2.00 bits per heavy atom. The van der Waals surface area contributed by atoms with E-state index in [0.29, 0.717) is 6.04 Å². The molecule has 1 aromatic carbocycles. The van der Waals surface area contributed by atoms with Crippen molar-refractivity contribution in [1.82, 2.24) is 4.90 Å². The van der Waals surface area contributed by atoms with E-state index >= 15 is 0 Å². The van der Waals surface area contributed by atoms with Crippen molar-refractivity contribution in [2.24, 2.45) is 0 Å². The zero-order valence-corrected chi connectivity index (χ0v) is 13.3. The number of ether oxygens (including phenoxy) is 2. The van der Waals surface area contributed by atoms with E-state index < -0.39 is 0 Å². The highest BCUT2D eigenvalue weighted by Crippen LogP contribution is 2.33. The van der Waals surface area contributed by atoms with Gasteiger partial charge in [0.25, 0.3) is 0 Å². The number of fused-ring (bicyclic) bond motifs is 1. The first kappa shape index (κ1) is 14.9. The molecule has 1 amide bonds. The third-order valence-electron chi connectivity index (χ3n) is 4.68. The number of nitrogens with zero attached hydrogens (tertiary/aromatic N) is 1. The van der Waals surface area contributed by atoms with E-state index in [4.69, 9.17) is 9.47 Å². The third-order valence-corrected chi connectivity index (χ3v) is 4.68. The fourth-order valence-electron chi connectivity index (χ4n) is 3.49. The monoisotopic (exact) mass is 301 g/mol. The lowest BCUT2D eigenvalue weighted by Crippen LogP contribution is -2.37. The third kappa shape index (κ3) is 2.82. The number of benzene rings is 1. The van der Waals surface area contributed by atoms with Crippen molar-refractivity contribution in [3.63, 3.8) is 0 Å². The molecule has 1 aliphatic heterocycles. The van der Waals surface area contributed by atoms with Gasteiger partial charge >= 0.3 is 0 Å². The normalized spacial score (nSPS) is 20.6. The molecule has 0 saturated heterocycles. The van der Waals surface area contributed by atoms with Crippen LogP contribution in [0.1, 0.15) is 31.2 Å². The minimum Gasteiger partial charge on any atom is -0.493 e. The van der Waals surface area contributed by atoms with E-state index in [2.05, 4.69) is 0 Å². The van der Waals surface area contributed by atoms with Gasteiger partial charge in [-0.1, -0.05) is 12.5 Å². The van der Waals surface area contributed by atoms with E-state index in [9.17, 15) is 4.79 Å². The Kier molecular flexibility index (Phi) is 4.36. The standard InChI is InChI=1S/C18H23NO3/c1-21-16-8-7-13(11-17(16)22-2)9-10-19-15-6-4-3-5-14(15)12-18(19)20/h7-8,11-12,15H,3-6,9-10H2,1-2H3. The van der Waals surface area contributed by atoms with Gasteiger partial charge in [0, 0.05) is 12.6 Å². The van der Waals surface area contributed by atoms with Crippen LogP contribution >= 0.6 is 0 Å². The predicted octanol–water partition coefficient (Wildman–Crippen LogP) is 2.96. The first-order valence-electron chi connectivity index (χ1n) is 7.95. The smallest absolute Gasteiger partial charge is 0.247 e. The van der Waals surface area contributed by atoms with Crippen molar-refractivity contribution in [2.45, 2.75) is 38.1 Å². The van der Waals surface area contributed by atoms with E-state index in [-0.39, 0.29) is 5.91 Å². The molecule has 3 rings (SSSR count). The van der Waals surface area contributed by atoms with E-state index in [1.165, 1.54) is 18.4 Å². The molecule has 0 spiro atoms. The minimum atomic E-state index is 0.183. The van der Waals surface area contributed by atoms with Gasteiger partial charge in [-0.3, -0.25) is 4.79 Å². The van der Waals surface area contributed by atoms with Gasteiger partial charge in [0.05, 0.1) is 20.3 Å². The summed E-state index contributed by atoms with van der Waals surface area (Å²) >= 11 is 0. The summed E-state index contributed by atoms with van der Waals surface area (Å²) in [5.74, 6) is 1.66. The highest BCUT2D eigenvalue weighted by atomic mass is 16.5. The van der Waals surface area contributed by atoms with E-state index in [1.807, 2.05) is 29.2 Å². The molecule has 118 valence electrons. The molecule has 0 bridgehead atoms. The quantitative estimate of drug-likeness (QED) is 0.839. The minimum absolute atomic E-state index is 0.183. The molecular formula is C18H23NO3.